The molecule has 0 bridgehead atoms. The van der Waals surface area contributed by atoms with Crippen molar-refractivity contribution < 1.29 is 18.8 Å². The van der Waals surface area contributed by atoms with Crippen molar-refractivity contribution in [2.45, 2.75) is 26.7 Å². The highest BCUT2D eigenvalue weighted by Crippen LogP contribution is 2.27. The Morgan fingerprint density at radius 2 is 1.68 bits per heavy atom. The van der Waals surface area contributed by atoms with E-state index in [1.54, 1.807) is 18.2 Å². The molecule has 4 amide bonds. The quantitative estimate of drug-likeness (QED) is 0.654. The number of barbiturate groups is 1. The van der Waals surface area contributed by atoms with Crippen molar-refractivity contribution in [3.8, 4) is 0 Å². The summed E-state index contributed by atoms with van der Waals surface area (Å²) in [5.74, 6) is -0.280. The number of hydrogen-bond acceptors (Lipinski definition) is 5. The predicted octanol–water partition coefficient (Wildman–Crippen LogP) is 3.16. The summed E-state index contributed by atoms with van der Waals surface area (Å²) in [7, 11) is 0. The van der Waals surface area contributed by atoms with Crippen molar-refractivity contribution in [2.75, 3.05) is 22.9 Å². The minimum absolute atomic E-state index is 0.138. The minimum atomic E-state index is -0.755. The zero-order valence-electron chi connectivity index (χ0n) is 15.8. The first-order chi connectivity index (χ1) is 13.4. The highest BCUT2D eigenvalue weighted by atomic mass is 16.4. The zero-order valence-corrected chi connectivity index (χ0v) is 15.8. The second kappa shape index (κ2) is 6.99. The van der Waals surface area contributed by atoms with E-state index in [-0.39, 0.29) is 5.57 Å². The number of anilines is 2. The molecular weight excluding hydrogens is 358 g/mol. The first kappa shape index (κ1) is 18.0. The third-order valence-electron chi connectivity index (χ3n) is 4.88. The van der Waals surface area contributed by atoms with E-state index in [4.69, 9.17) is 4.42 Å². The molecule has 1 N–H and O–H groups in total. The first-order valence-electron chi connectivity index (χ1n) is 9.27. The molecular formula is C21H21N3O4. The maximum absolute atomic E-state index is 13.0. The van der Waals surface area contributed by atoms with Gasteiger partial charge in [0.1, 0.15) is 11.3 Å². The number of hydrogen-bond donors (Lipinski definition) is 1. The van der Waals surface area contributed by atoms with E-state index in [1.165, 1.54) is 6.08 Å². The van der Waals surface area contributed by atoms with Gasteiger partial charge < -0.3 is 9.32 Å². The molecule has 0 spiro atoms. The van der Waals surface area contributed by atoms with Crippen LogP contribution in [0, 0.1) is 13.8 Å². The van der Waals surface area contributed by atoms with Gasteiger partial charge in [0.05, 0.1) is 5.69 Å². The van der Waals surface area contributed by atoms with Crippen LogP contribution < -0.4 is 15.1 Å². The molecule has 28 heavy (non-hydrogen) atoms. The van der Waals surface area contributed by atoms with Gasteiger partial charge in [-0.2, -0.15) is 0 Å². The van der Waals surface area contributed by atoms with Gasteiger partial charge in [0.25, 0.3) is 11.8 Å². The number of urea groups is 1. The molecule has 2 saturated heterocycles. The normalized spacial score (nSPS) is 18.9. The Kier molecular flexibility index (Phi) is 4.50. The van der Waals surface area contributed by atoms with Crippen molar-refractivity contribution in [3.05, 3.63) is 52.8 Å². The van der Waals surface area contributed by atoms with Crippen LogP contribution >= 0.6 is 0 Å². The van der Waals surface area contributed by atoms with Gasteiger partial charge in [-0.3, -0.25) is 14.9 Å². The van der Waals surface area contributed by atoms with Gasteiger partial charge in [0.15, 0.2) is 5.88 Å². The molecule has 0 saturated carbocycles. The number of nitrogens with zero attached hydrogens (tertiary/aromatic N) is 2. The van der Waals surface area contributed by atoms with E-state index in [0.717, 1.165) is 47.8 Å². The molecule has 2 aromatic rings. The number of carbonyl (C=O) groups is 3. The third-order valence-corrected chi connectivity index (χ3v) is 4.88. The molecule has 2 aliphatic heterocycles. The SMILES string of the molecule is Cc1cc(C)cc(N2C(=O)NC(=O)/C(=C\c3ccc(N4CCCC4)o3)C2=O)c1. The van der Waals surface area contributed by atoms with Gasteiger partial charge in [-0.05, 0) is 62.1 Å². The van der Waals surface area contributed by atoms with Crippen LogP contribution in [-0.4, -0.2) is 30.9 Å². The number of carbonyl (C=O) groups excluding carboxylic acids is 3. The predicted molar refractivity (Wildman–Crippen MR) is 105 cm³/mol. The van der Waals surface area contributed by atoms with E-state index in [0.29, 0.717) is 11.4 Å². The molecule has 144 valence electrons. The summed E-state index contributed by atoms with van der Waals surface area (Å²) in [6, 6.07) is 8.20. The highest BCUT2D eigenvalue weighted by molar-refractivity contribution is 6.39. The van der Waals surface area contributed by atoms with E-state index in [9.17, 15) is 14.4 Å². The molecule has 0 radical (unpaired) electrons. The number of amides is 4. The lowest BCUT2D eigenvalue weighted by Crippen LogP contribution is -2.54. The second-order valence-electron chi connectivity index (χ2n) is 7.17. The van der Waals surface area contributed by atoms with Crippen LogP contribution in [0.15, 0.2) is 40.3 Å². The molecule has 0 aliphatic carbocycles. The van der Waals surface area contributed by atoms with Gasteiger partial charge >= 0.3 is 6.03 Å². The summed E-state index contributed by atoms with van der Waals surface area (Å²) >= 11 is 0. The maximum Gasteiger partial charge on any atom is 0.335 e. The van der Waals surface area contributed by atoms with Gasteiger partial charge in [-0.15, -0.1) is 0 Å². The fraction of sp³-hybridized carbons (Fsp3) is 0.286. The summed E-state index contributed by atoms with van der Waals surface area (Å²) in [6.45, 7) is 5.62. The molecule has 2 aliphatic rings. The zero-order chi connectivity index (χ0) is 19.8. The van der Waals surface area contributed by atoms with Crippen LogP contribution in [0.1, 0.15) is 29.7 Å². The lowest BCUT2D eigenvalue weighted by atomic mass is 10.1. The molecule has 3 heterocycles. The number of nitrogens with one attached hydrogen (secondary N) is 1. The van der Waals surface area contributed by atoms with Crippen LogP contribution in [0.5, 0.6) is 0 Å². The Bertz CT molecular complexity index is 979. The number of imide groups is 2. The van der Waals surface area contributed by atoms with Gasteiger partial charge in [0, 0.05) is 19.2 Å². The highest BCUT2D eigenvalue weighted by Gasteiger charge is 2.37. The van der Waals surface area contributed by atoms with E-state index in [2.05, 4.69) is 10.2 Å². The van der Waals surface area contributed by atoms with E-state index >= 15 is 0 Å². The van der Waals surface area contributed by atoms with E-state index < -0.39 is 17.8 Å². The number of furan rings is 1. The Morgan fingerprint density at radius 1 is 1.00 bits per heavy atom. The monoisotopic (exact) mass is 379 g/mol. The standard InChI is InChI=1S/C21H21N3O4/c1-13-9-14(2)11-15(10-13)24-20(26)17(19(25)22-21(24)27)12-16-5-6-18(28-16)23-7-3-4-8-23/h5-6,9-12H,3-4,7-8H2,1-2H3,(H,22,25,27)/b17-12+. The van der Waals surface area contributed by atoms with Crippen molar-refractivity contribution >= 4 is 35.5 Å². The molecule has 1 aromatic heterocycles. The van der Waals surface area contributed by atoms with E-state index in [1.807, 2.05) is 26.0 Å². The fourth-order valence-electron chi connectivity index (χ4n) is 3.64. The molecule has 1 aromatic carbocycles. The summed E-state index contributed by atoms with van der Waals surface area (Å²) in [4.78, 5) is 40.7. The minimum Gasteiger partial charge on any atom is -0.441 e. The first-order valence-corrected chi connectivity index (χ1v) is 9.27. The summed E-state index contributed by atoms with van der Waals surface area (Å²) < 4.78 is 5.79. The third kappa shape index (κ3) is 3.31. The molecule has 7 heteroatoms. The summed E-state index contributed by atoms with van der Waals surface area (Å²) in [5, 5.41) is 2.24. The van der Waals surface area contributed by atoms with Crippen molar-refractivity contribution in [1.82, 2.24) is 5.32 Å². The van der Waals surface area contributed by atoms with Crippen molar-refractivity contribution in [1.29, 1.82) is 0 Å². The van der Waals surface area contributed by atoms with Crippen LogP contribution in [0.3, 0.4) is 0 Å². The van der Waals surface area contributed by atoms with Gasteiger partial charge in [-0.25, -0.2) is 9.69 Å². The Hall–Kier alpha value is -3.35. The maximum atomic E-state index is 13.0. The molecule has 0 atom stereocenters. The van der Waals surface area contributed by atoms with Crippen LogP contribution in [0.2, 0.25) is 0 Å². The van der Waals surface area contributed by atoms with Crippen LogP contribution in [0.4, 0.5) is 16.4 Å². The average Bonchev–Trinajstić information content (AvgIpc) is 3.29. The number of benzene rings is 1. The second-order valence-corrected chi connectivity index (χ2v) is 7.17. The lowest BCUT2D eigenvalue weighted by Gasteiger charge is -2.26. The Morgan fingerprint density at radius 3 is 2.36 bits per heavy atom. The summed E-state index contributed by atoms with van der Waals surface area (Å²) in [6.07, 6.45) is 3.62. The Labute approximate surface area is 162 Å². The lowest BCUT2D eigenvalue weighted by molar-refractivity contribution is -0.122. The van der Waals surface area contributed by atoms with Crippen LogP contribution in [0.25, 0.3) is 6.08 Å². The molecule has 4 rings (SSSR count). The van der Waals surface area contributed by atoms with Crippen molar-refractivity contribution in [3.63, 3.8) is 0 Å². The number of aryl methyl sites for hydroxylation is 2. The molecule has 7 nitrogen and oxygen atoms in total. The topological polar surface area (TPSA) is 82.9 Å². The summed E-state index contributed by atoms with van der Waals surface area (Å²) in [5.41, 5.74) is 2.12. The average molecular weight is 379 g/mol. The van der Waals surface area contributed by atoms with Crippen molar-refractivity contribution in [2.24, 2.45) is 0 Å². The fourth-order valence-corrected chi connectivity index (χ4v) is 3.64. The Balaban J connectivity index is 1.66. The van der Waals surface area contributed by atoms with Crippen LogP contribution in [-0.2, 0) is 9.59 Å². The number of rotatable bonds is 3. The van der Waals surface area contributed by atoms with Gasteiger partial charge in [-0.1, -0.05) is 6.07 Å². The largest absolute Gasteiger partial charge is 0.441 e. The molecule has 2 fully saturated rings. The smallest absolute Gasteiger partial charge is 0.335 e. The molecule has 0 unspecified atom stereocenters. The van der Waals surface area contributed by atoms with Gasteiger partial charge in [0.2, 0.25) is 0 Å².